The maximum Gasteiger partial charge on any atom is 0.234 e. The Balaban J connectivity index is 2.19. The molecule has 58 valence electrons. The average molecular weight is 144 g/mol. The van der Waals surface area contributed by atoms with Crippen LogP contribution in [0.15, 0.2) is 0 Å². The Bertz CT molecular complexity index is 117. The first-order valence-corrected chi connectivity index (χ1v) is 3.44. The van der Waals surface area contributed by atoms with Gasteiger partial charge in [0.25, 0.3) is 0 Å². The maximum absolute atomic E-state index is 10.6. The molecule has 0 spiro atoms. The summed E-state index contributed by atoms with van der Waals surface area (Å²) in [6.45, 7) is 1.19. The summed E-state index contributed by atoms with van der Waals surface area (Å²) < 4.78 is 0. The third-order valence-corrected chi connectivity index (χ3v) is 1.57. The molecule has 1 heterocycles. The summed E-state index contributed by atoms with van der Waals surface area (Å²) in [7, 11) is 0. The molecule has 1 unspecified atom stereocenters. The van der Waals surface area contributed by atoms with Gasteiger partial charge in [0.05, 0.1) is 6.54 Å². The summed E-state index contributed by atoms with van der Waals surface area (Å²) in [5.74, 6) is 0.0363. The maximum atomic E-state index is 10.6. The molecule has 0 bridgehead atoms. The molecule has 4 nitrogen and oxygen atoms in total. The summed E-state index contributed by atoms with van der Waals surface area (Å²) in [6, 6.07) is 0.252. The topological polar surface area (TPSA) is 61.4 Å². The van der Waals surface area contributed by atoms with E-state index < -0.39 is 0 Å². The van der Waals surface area contributed by atoms with E-state index >= 15 is 0 Å². The van der Waals surface area contributed by atoms with Gasteiger partial charge in [0.1, 0.15) is 0 Å². The lowest BCUT2D eigenvalue weighted by Gasteiger charge is -2.22. The van der Waals surface area contributed by atoms with Gasteiger partial charge < -0.3 is 15.7 Å². The normalized spacial score (nSPS) is 26.1. The van der Waals surface area contributed by atoms with E-state index in [-0.39, 0.29) is 18.6 Å². The van der Waals surface area contributed by atoms with Crippen LogP contribution in [0.2, 0.25) is 0 Å². The van der Waals surface area contributed by atoms with Crippen LogP contribution in [0, 0.1) is 0 Å². The van der Waals surface area contributed by atoms with Gasteiger partial charge >= 0.3 is 0 Å². The van der Waals surface area contributed by atoms with Crippen molar-refractivity contribution in [1.82, 2.24) is 10.6 Å². The molecule has 1 fully saturated rings. The average Bonchev–Trinajstić information content (AvgIpc) is 1.95. The van der Waals surface area contributed by atoms with Gasteiger partial charge in [0.2, 0.25) is 5.91 Å². The summed E-state index contributed by atoms with van der Waals surface area (Å²) in [5.41, 5.74) is 0. The zero-order valence-electron chi connectivity index (χ0n) is 5.76. The Hall–Kier alpha value is -0.610. The van der Waals surface area contributed by atoms with Crippen molar-refractivity contribution < 1.29 is 9.90 Å². The van der Waals surface area contributed by atoms with Crippen molar-refractivity contribution >= 4 is 5.91 Å². The highest BCUT2D eigenvalue weighted by Crippen LogP contribution is 1.92. The molecular formula is C6H12N2O2. The molecule has 1 aliphatic rings. The molecule has 3 N–H and O–H groups in total. The Labute approximate surface area is 59.6 Å². The van der Waals surface area contributed by atoms with E-state index in [4.69, 9.17) is 5.11 Å². The van der Waals surface area contributed by atoms with Crippen molar-refractivity contribution in [1.29, 1.82) is 0 Å². The Kier molecular flexibility index (Phi) is 2.65. The van der Waals surface area contributed by atoms with Crippen LogP contribution in [0.4, 0.5) is 0 Å². The van der Waals surface area contributed by atoms with Crippen LogP contribution in [0.5, 0.6) is 0 Å². The number of hydrogen-bond donors (Lipinski definition) is 3. The number of aliphatic hydroxyl groups is 1. The first-order valence-electron chi connectivity index (χ1n) is 3.44. The first-order chi connectivity index (χ1) is 4.83. The van der Waals surface area contributed by atoms with E-state index in [0.717, 1.165) is 0 Å². The predicted octanol–water partition coefficient (Wildman–Crippen LogP) is -1.54. The quantitative estimate of drug-likeness (QED) is 0.440. The fraction of sp³-hybridized carbons (Fsp3) is 0.833. The lowest BCUT2D eigenvalue weighted by molar-refractivity contribution is -0.121. The molecule has 1 aliphatic heterocycles. The minimum atomic E-state index is 0.0363. The zero-order chi connectivity index (χ0) is 7.40. The summed E-state index contributed by atoms with van der Waals surface area (Å²) >= 11 is 0. The van der Waals surface area contributed by atoms with Crippen LogP contribution in [-0.4, -0.2) is 36.8 Å². The number of carbonyl (C=O) groups is 1. The molecule has 0 saturated carbocycles. The van der Waals surface area contributed by atoms with Gasteiger partial charge in [-0.3, -0.25) is 4.79 Å². The molecule has 0 aromatic carbocycles. The van der Waals surface area contributed by atoms with Crippen LogP contribution >= 0.6 is 0 Å². The smallest absolute Gasteiger partial charge is 0.234 e. The van der Waals surface area contributed by atoms with Crippen molar-refractivity contribution in [3.63, 3.8) is 0 Å². The van der Waals surface area contributed by atoms with Gasteiger partial charge in [0, 0.05) is 19.2 Å². The lowest BCUT2D eigenvalue weighted by Crippen LogP contribution is -2.51. The number of piperazine rings is 1. The fourth-order valence-corrected chi connectivity index (χ4v) is 0.969. The molecule has 4 heteroatoms. The second-order valence-corrected chi connectivity index (χ2v) is 2.39. The lowest BCUT2D eigenvalue weighted by atomic mass is 10.2. The second-order valence-electron chi connectivity index (χ2n) is 2.39. The van der Waals surface area contributed by atoms with Crippen LogP contribution in [0.25, 0.3) is 0 Å². The third-order valence-electron chi connectivity index (χ3n) is 1.57. The number of aliphatic hydroxyl groups excluding tert-OH is 1. The van der Waals surface area contributed by atoms with Crippen LogP contribution in [0.3, 0.4) is 0 Å². The Morgan fingerprint density at radius 3 is 3.00 bits per heavy atom. The highest BCUT2D eigenvalue weighted by molar-refractivity contribution is 5.78. The summed E-state index contributed by atoms with van der Waals surface area (Å²) in [4.78, 5) is 10.6. The van der Waals surface area contributed by atoms with Crippen LogP contribution in [-0.2, 0) is 4.79 Å². The van der Waals surface area contributed by atoms with E-state index in [1.54, 1.807) is 0 Å². The first kappa shape index (κ1) is 7.50. The molecule has 10 heavy (non-hydrogen) atoms. The zero-order valence-corrected chi connectivity index (χ0v) is 5.76. The van der Waals surface area contributed by atoms with Crippen molar-refractivity contribution in [2.24, 2.45) is 0 Å². The van der Waals surface area contributed by atoms with E-state index in [1.165, 1.54) is 0 Å². The molecule has 1 atom stereocenters. The van der Waals surface area contributed by atoms with E-state index in [9.17, 15) is 4.79 Å². The molecule has 1 rings (SSSR count). The van der Waals surface area contributed by atoms with Gasteiger partial charge in [-0.15, -0.1) is 0 Å². The molecule has 0 aromatic heterocycles. The van der Waals surface area contributed by atoms with Crippen LogP contribution < -0.4 is 10.6 Å². The molecule has 0 aromatic rings. The van der Waals surface area contributed by atoms with Crippen molar-refractivity contribution in [2.75, 3.05) is 19.7 Å². The Morgan fingerprint density at radius 2 is 2.50 bits per heavy atom. The number of amides is 1. The van der Waals surface area contributed by atoms with Gasteiger partial charge in [-0.2, -0.15) is 0 Å². The second kappa shape index (κ2) is 3.53. The number of nitrogens with one attached hydrogen (secondary N) is 2. The number of rotatable bonds is 2. The van der Waals surface area contributed by atoms with Gasteiger partial charge in [-0.05, 0) is 6.42 Å². The predicted molar refractivity (Wildman–Crippen MR) is 36.5 cm³/mol. The van der Waals surface area contributed by atoms with E-state index in [2.05, 4.69) is 10.6 Å². The molecular weight excluding hydrogens is 132 g/mol. The third kappa shape index (κ3) is 1.97. The summed E-state index contributed by atoms with van der Waals surface area (Å²) in [5, 5.41) is 14.2. The van der Waals surface area contributed by atoms with Gasteiger partial charge in [-0.25, -0.2) is 0 Å². The molecule has 0 radical (unpaired) electrons. The minimum Gasteiger partial charge on any atom is -0.396 e. The van der Waals surface area contributed by atoms with Gasteiger partial charge in [-0.1, -0.05) is 0 Å². The van der Waals surface area contributed by atoms with Crippen molar-refractivity contribution in [3.05, 3.63) is 0 Å². The molecule has 0 aliphatic carbocycles. The van der Waals surface area contributed by atoms with Crippen molar-refractivity contribution in [3.8, 4) is 0 Å². The largest absolute Gasteiger partial charge is 0.396 e. The van der Waals surface area contributed by atoms with Crippen molar-refractivity contribution in [2.45, 2.75) is 12.5 Å². The highest BCUT2D eigenvalue weighted by atomic mass is 16.3. The number of carbonyl (C=O) groups excluding carboxylic acids is 1. The van der Waals surface area contributed by atoms with Crippen LogP contribution in [0.1, 0.15) is 6.42 Å². The highest BCUT2D eigenvalue weighted by Gasteiger charge is 2.15. The number of hydrogen-bond acceptors (Lipinski definition) is 3. The van der Waals surface area contributed by atoms with E-state index in [0.29, 0.717) is 19.5 Å². The summed E-state index contributed by atoms with van der Waals surface area (Å²) in [6.07, 6.45) is 0.709. The fourth-order valence-electron chi connectivity index (χ4n) is 0.969. The Morgan fingerprint density at radius 1 is 1.70 bits per heavy atom. The SMILES string of the molecule is O=C1CNC(CCO)CN1. The monoisotopic (exact) mass is 144 g/mol. The standard InChI is InChI=1S/C6H12N2O2/c9-2-1-5-3-8-6(10)4-7-5/h5,7,9H,1-4H2,(H,8,10). The van der Waals surface area contributed by atoms with Gasteiger partial charge in [0.15, 0.2) is 0 Å². The molecule has 1 saturated heterocycles. The van der Waals surface area contributed by atoms with E-state index in [1.807, 2.05) is 0 Å². The minimum absolute atomic E-state index is 0.0363. The molecule has 1 amide bonds.